The third-order valence-corrected chi connectivity index (χ3v) is 10.0. The van der Waals surface area contributed by atoms with E-state index in [1.54, 1.807) is 11.1 Å². The van der Waals surface area contributed by atoms with Gasteiger partial charge in [-0.3, -0.25) is 9.69 Å². The first-order valence-electron chi connectivity index (χ1n) is 10.8. The van der Waals surface area contributed by atoms with Crippen molar-refractivity contribution in [3.63, 3.8) is 0 Å². The summed E-state index contributed by atoms with van der Waals surface area (Å²) < 4.78 is 0. The number of aliphatic carboxylic acids is 1. The first-order valence-corrected chi connectivity index (χ1v) is 10.8. The monoisotopic (exact) mass is 357 g/mol. The standard InChI is InChI=1S/C22H31NO3/c1-12-9-23-10-14-4-2-13-3-5-16-17(20(25)26)8-22(18(13)16)19(23)15(12)6-7-21(14,22)11-24/h12,14-17,19,24H,2-11H2,1H3,(H,25,26)/t12-,14+,15-,16-,17-,19+,21-,22?/m1/s1. The molecule has 26 heavy (non-hydrogen) atoms. The molecule has 2 saturated carbocycles. The van der Waals surface area contributed by atoms with Crippen molar-refractivity contribution < 1.29 is 15.0 Å². The van der Waals surface area contributed by atoms with Gasteiger partial charge in [0.1, 0.15) is 0 Å². The van der Waals surface area contributed by atoms with Gasteiger partial charge in [-0.25, -0.2) is 0 Å². The number of carboxylic acid groups (broad SMARTS) is 1. The van der Waals surface area contributed by atoms with E-state index < -0.39 is 5.97 Å². The Bertz CT molecular complexity index is 716. The number of nitrogens with zero attached hydrogens (tertiary/aromatic N) is 1. The molecule has 0 amide bonds. The van der Waals surface area contributed by atoms with E-state index >= 15 is 0 Å². The Morgan fingerprint density at radius 1 is 1.23 bits per heavy atom. The number of aliphatic hydroxyl groups excluding tert-OH is 1. The zero-order valence-electron chi connectivity index (χ0n) is 15.8. The third kappa shape index (κ3) is 1.53. The number of hydrogen-bond donors (Lipinski definition) is 2. The zero-order valence-corrected chi connectivity index (χ0v) is 15.8. The fraction of sp³-hybridized carbons (Fsp3) is 0.864. The molecule has 1 spiro atoms. The number of aliphatic hydroxyl groups is 1. The maximum absolute atomic E-state index is 12.2. The molecule has 4 aliphatic carbocycles. The summed E-state index contributed by atoms with van der Waals surface area (Å²) in [5.74, 6) is 1.38. The van der Waals surface area contributed by atoms with Gasteiger partial charge < -0.3 is 10.2 Å². The van der Waals surface area contributed by atoms with Crippen LogP contribution >= 0.6 is 0 Å². The predicted molar refractivity (Wildman–Crippen MR) is 97.4 cm³/mol. The van der Waals surface area contributed by atoms with Crippen LogP contribution in [0.25, 0.3) is 0 Å². The Labute approximate surface area is 155 Å². The summed E-state index contributed by atoms with van der Waals surface area (Å²) in [5.41, 5.74) is 3.07. The van der Waals surface area contributed by atoms with Gasteiger partial charge >= 0.3 is 5.97 Å². The number of carboxylic acids is 1. The molecule has 0 radical (unpaired) electrons. The van der Waals surface area contributed by atoms with Gasteiger partial charge in [0, 0.05) is 36.6 Å². The highest BCUT2D eigenvalue weighted by Crippen LogP contribution is 2.76. The van der Waals surface area contributed by atoms with Crippen LogP contribution in [-0.4, -0.2) is 46.8 Å². The molecular weight excluding hydrogens is 326 g/mol. The molecule has 8 atom stereocenters. The van der Waals surface area contributed by atoms with Gasteiger partial charge in [0.15, 0.2) is 0 Å². The van der Waals surface area contributed by atoms with Gasteiger partial charge in [-0.2, -0.15) is 0 Å². The lowest BCUT2D eigenvalue weighted by Gasteiger charge is -2.66. The highest BCUT2D eigenvalue weighted by molar-refractivity contribution is 5.73. The Hall–Kier alpha value is -0.870. The largest absolute Gasteiger partial charge is 0.481 e. The molecule has 4 nitrogen and oxygen atoms in total. The maximum Gasteiger partial charge on any atom is 0.307 e. The first-order chi connectivity index (χ1) is 12.5. The molecule has 2 aliphatic heterocycles. The second-order valence-corrected chi connectivity index (χ2v) is 10.4. The molecule has 4 fully saturated rings. The van der Waals surface area contributed by atoms with Crippen LogP contribution in [0, 0.1) is 40.4 Å². The highest BCUT2D eigenvalue weighted by Gasteiger charge is 2.75. The molecule has 0 aromatic heterocycles. The van der Waals surface area contributed by atoms with Crippen LogP contribution in [0.1, 0.15) is 51.9 Å². The summed E-state index contributed by atoms with van der Waals surface area (Å²) >= 11 is 0. The van der Waals surface area contributed by atoms with Crippen molar-refractivity contribution in [1.82, 2.24) is 4.90 Å². The molecule has 6 rings (SSSR count). The van der Waals surface area contributed by atoms with Crippen LogP contribution in [0.5, 0.6) is 0 Å². The van der Waals surface area contributed by atoms with E-state index in [9.17, 15) is 15.0 Å². The molecule has 4 heteroatoms. The minimum Gasteiger partial charge on any atom is -0.481 e. The van der Waals surface area contributed by atoms with E-state index in [0.717, 1.165) is 38.6 Å². The highest BCUT2D eigenvalue weighted by atomic mass is 16.4. The lowest BCUT2D eigenvalue weighted by molar-refractivity contribution is -0.173. The average molecular weight is 357 g/mol. The second kappa shape index (κ2) is 4.94. The smallest absolute Gasteiger partial charge is 0.307 e. The Balaban J connectivity index is 1.64. The van der Waals surface area contributed by atoms with E-state index in [4.69, 9.17) is 0 Å². The minimum absolute atomic E-state index is 0.0472. The van der Waals surface area contributed by atoms with Crippen molar-refractivity contribution in [3.8, 4) is 0 Å². The summed E-state index contributed by atoms with van der Waals surface area (Å²) in [6, 6.07) is 0.489. The van der Waals surface area contributed by atoms with Crippen LogP contribution in [0.3, 0.4) is 0 Å². The normalized spacial score (nSPS) is 54.4. The van der Waals surface area contributed by atoms with Gasteiger partial charge in [0.05, 0.1) is 5.92 Å². The number of allylic oxidation sites excluding steroid dienone is 1. The van der Waals surface area contributed by atoms with E-state index in [2.05, 4.69) is 11.8 Å². The van der Waals surface area contributed by atoms with Crippen molar-refractivity contribution in [2.24, 2.45) is 40.4 Å². The van der Waals surface area contributed by atoms with Crippen molar-refractivity contribution in [2.45, 2.75) is 57.9 Å². The predicted octanol–water partition coefficient (Wildman–Crippen LogP) is 2.92. The van der Waals surface area contributed by atoms with Crippen molar-refractivity contribution in [1.29, 1.82) is 0 Å². The zero-order chi connectivity index (χ0) is 17.8. The Kier molecular flexibility index (Phi) is 3.06. The lowest BCUT2D eigenvalue weighted by atomic mass is 9.43. The van der Waals surface area contributed by atoms with Gasteiger partial charge in [0.2, 0.25) is 0 Å². The first kappa shape index (κ1) is 16.1. The summed E-state index contributed by atoms with van der Waals surface area (Å²) in [5, 5.41) is 20.9. The van der Waals surface area contributed by atoms with Crippen molar-refractivity contribution >= 4 is 5.97 Å². The molecular formula is C22H31NO3. The lowest BCUT2D eigenvalue weighted by Crippen LogP contribution is -2.68. The van der Waals surface area contributed by atoms with Gasteiger partial charge in [-0.15, -0.1) is 0 Å². The maximum atomic E-state index is 12.2. The molecule has 2 heterocycles. The van der Waals surface area contributed by atoms with Crippen LogP contribution < -0.4 is 0 Å². The van der Waals surface area contributed by atoms with E-state index in [0.29, 0.717) is 23.8 Å². The quantitative estimate of drug-likeness (QED) is 0.746. The van der Waals surface area contributed by atoms with Gasteiger partial charge in [-0.1, -0.05) is 18.1 Å². The van der Waals surface area contributed by atoms with E-state index in [1.165, 1.54) is 19.4 Å². The molecule has 2 saturated heterocycles. The van der Waals surface area contributed by atoms with Crippen molar-refractivity contribution in [3.05, 3.63) is 11.1 Å². The summed E-state index contributed by atoms with van der Waals surface area (Å²) in [4.78, 5) is 15.0. The topological polar surface area (TPSA) is 60.8 Å². The van der Waals surface area contributed by atoms with Crippen LogP contribution in [0.4, 0.5) is 0 Å². The number of piperidine rings is 1. The average Bonchev–Trinajstić information content (AvgIpc) is 3.25. The second-order valence-electron chi connectivity index (χ2n) is 10.4. The summed E-state index contributed by atoms with van der Waals surface area (Å²) in [6.07, 6.45) is 7.67. The van der Waals surface area contributed by atoms with Gasteiger partial charge in [-0.05, 0) is 68.6 Å². The molecule has 6 aliphatic rings. The van der Waals surface area contributed by atoms with Crippen LogP contribution in [-0.2, 0) is 4.79 Å². The van der Waals surface area contributed by atoms with E-state index in [1.807, 2.05) is 0 Å². The third-order valence-electron chi connectivity index (χ3n) is 10.0. The Morgan fingerprint density at radius 3 is 2.81 bits per heavy atom. The number of rotatable bonds is 2. The van der Waals surface area contributed by atoms with E-state index in [-0.39, 0.29) is 29.3 Å². The molecule has 142 valence electrons. The van der Waals surface area contributed by atoms with Crippen molar-refractivity contribution in [2.75, 3.05) is 19.7 Å². The molecule has 0 aromatic rings. The van der Waals surface area contributed by atoms with Crippen LogP contribution in [0.2, 0.25) is 0 Å². The Morgan fingerprint density at radius 2 is 2.04 bits per heavy atom. The fourth-order valence-corrected chi connectivity index (χ4v) is 9.33. The summed E-state index contributed by atoms with van der Waals surface area (Å²) in [6.45, 7) is 4.99. The molecule has 4 bridgehead atoms. The number of hydrogen-bond acceptors (Lipinski definition) is 3. The molecule has 0 aromatic carbocycles. The number of carbonyl (C=O) groups is 1. The fourth-order valence-electron chi connectivity index (χ4n) is 9.33. The summed E-state index contributed by atoms with van der Waals surface area (Å²) in [7, 11) is 0. The molecule has 2 N–H and O–H groups in total. The van der Waals surface area contributed by atoms with Crippen LogP contribution in [0.15, 0.2) is 11.1 Å². The van der Waals surface area contributed by atoms with Gasteiger partial charge in [0.25, 0.3) is 0 Å². The molecule has 1 unspecified atom stereocenters. The SMILES string of the molecule is C[C@@H]1CN2C[C@@H]3CCC4=C5[C@H](CC4)[C@H](C(=O)O)CC54[C@@H]2[C@@H]1CC[C@@]34CO. The minimum atomic E-state index is -0.588.